The summed E-state index contributed by atoms with van der Waals surface area (Å²) in [6.45, 7) is -0.0175. The Morgan fingerprint density at radius 3 is 1.95 bits per heavy atom. The summed E-state index contributed by atoms with van der Waals surface area (Å²) < 4.78 is 34.6. The Morgan fingerprint density at radius 1 is 1.00 bits per heavy atom. The number of ether oxygens (including phenoxy) is 1. The molecule has 2 rings (SSSR count). The largest absolute Gasteiger partial charge is 1.00 e. The Kier molecular flexibility index (Phi) is 19.8. The van der Waals surface area contributed by atoms with Crippen molar-refractivity contribution in [3.05, 3.63) is 59.7 Å². The van der Waals surface area contributed by atoms with Gasteiger partial charge in [-0.3, -0.25) is 9.42 Å². The van der Waals surface area contributed by atoms with E-state index in [9.17, 15) is 18.9 Å². The SMILES string of the molecule is C.COc1ccc(/C=N/N(C)[P+](=S)Oc2ccc(CCN(CP(=O)([O-])O)CP(=O)([O-])O)cc2)cc1.[Na+].[Na+]. The molecule has 0 aliphatic heterocycles. The molecule has 0 saturated heterocycles. The van der Waals surface area contributed by atoms with Crippen molar-refractivity contribution in [3.8, 4) is 11.5 Å². The molecule has 0 saturated carbocycles. The quantitative estimate of drug-likeness (QED) is 0.0996. The fourth-order valence-electron chi connectivity index (χ4n) is 2.73. The first-order valence-corrected chi connectivity index (χ1v) is 15.5. The van der Waals surface area contributed by atoms with Crippen molar-refractivity contribution < 1.29 is 97.1 Å². The Bertz CT molecular complexity index is 1060. The molecular formula is C20H29N3Na2O8P3S+. The van der Waals surface area contributed by atoms with E-state index in [2.05, 4.69) is 5.10 Å². The third-order valence-electron chi connectivity index (χ3n) is 4.31. The molecule has 0 heterocycles. The van der Waals surface area contributed by atoms with E-state index in [-0.39, 0.29) is 79.5 Å². The van der Waals surface area contributed by atoms with Crippen LogP contribution in [0.3, 0.4) is 0 Å². The van der Waals surface area contributed by atoms with Crippen molar-refractivity contribution in [1.82, 2.24) is 9.68 Å². The van der Waals surface area contributed by atoms with Gasteiger partial charge < -0.3 is 33.4 Å². The summed E-state index contributed by atoms with van der Waals surface area (Å²) in [4.78, 5) is 41.2. The monoisotopic (exact) mass is 610 g/mol. The van der Waals surface area contributed by atoms with Gasteiger partial charge in [-0.05, 0) is 53.9 Å². The van der Waals surface area contributed by atoms with Gasteiger partial charge >= 0.3 is 66.2 Å². The van der Waals surface area contributed by atoms with E-state index in [1.165, 1.54) is 4.78 Å². The molecule has 0 radical (unpaired) electrons. The van der Waals surface area contributed by atoms with Crippen LogP contribution < -0.4 is 78.2 Å². The second-order valence-corrected chi connectivity index (χ2v) is 12.5. The van der Waals surface area contributed by atoms with Crippen LogP contribution in [0.2, 0.25) is 0 Å². The third kappa shape index (κ3) is 16.9. The number of methoxy groups -OCH3 is 1. The van der Waals surface area contributed by atoms with Gasteiger partial charge in [0.2, 0.25) is 11.8 Å². The van der Waals surface area contributed by atoms with E-state index in [1.54, 1.807) is 44.6 Å². The first kappa shape index (κ1) is 39.4. The van der Waals surface area contributed by atoms with E-state index in [0.29, 0.717) is 5.75 Å². The van der Waals surface area contributed by atoms with Crippen LogP contribution in [0.1, 0.15) is 18.6 Å². The fourth-order valence-corrected chi connectivity index (χ4v) is 5.32. The average molecular weight is 610 g/mol. The normalized spacial score (nSPS) is 14.3. The Hall–Kier alpha value is 0.290. The second-order valence-electron chi connectivity index (χ2n) is 7.18. The minimum Gasteiger partial charge on any atom is -0.778 e. The van der Waals surface area contributed by atoms with Crippen LogP contribution in [-0.2, 0) is 27.4 Å². The van der Waals surface area contributed by atoms with Gasteiger partial charge in [-0.25, -0.2) is 0 Å². The molecular weight excluding hydrogens is 581 g/mol. The second kappa shape index (κ2) is 18.6. The molecule has 11 nitrogen and oxygen atoms in total. The molecule has 0 aliphatic rings. The summed E-state index contributed by atoms with van der Waals surface area (Å²) in [5, 5.41) is 4.29. The van der Waals surface area contributed by atoms with Crippen molar-refractivity contribution in [2.45, 2.75) is 13.8 Å². The third-order valence-corrected chi connectivity index (χ3v) is 7.70. The van der Waals surface area contributed by atoms with Crippen LogP contribution in [0.5, 0.6) is 11.5 Å². The maximum absolute atomic E-state index is 11.1. The van der Waals surface area contributed by atoms with E-state index >= 15 is 0 Å². The molecule has 0 aliphatic carbocycles. The molecule has 194 valence electrons. The predicted octanol–water partition coefficient (Wildman–Crippen LogP) is -3.69. The van der Waals surface area contributed by atoms with Crippen molar-refractivity contribution in [3.63, 3.8) is 0 Å². The molecule has 0 spiro atoms. The molecule has 3 atom stereocenters. The van der Waals surface area contributed by atoms with Gasteiger partial charge in [-0.1, -0.05) is 24.3 Å². The molecule has 17 heteroatoms. The van der Waals surface area contributed by atoms with Crippen LogP contribution in [0.25, 0.3) is 0 Å². The minimum absolute atomic E-state index is 0. The molecule has 0 bridgehead atoms. The molecule has 2 aromatic rings. The Labute approximate surface area is 268 Å². The topological polar surface area (TPSA) is 158 Å². The summed E-state index contributed by atoms with van der Waals surface area (Å²) in [6, 6.07) is 14.2. The molecule has 0 aromatic heterocycles. The fraction of sp³-hybridized carbons (Fsp3) is 0.350. The summed E-state index contributed by atoms with van der Waals surface area (Å²) in [5.41, 5.74) is 1.63. The zero-order valence-electron chi connectivity index (χ0n) is 20.5. The molecule has 2 aromatic carbocycles. The minimum atomic E-state index is -4.74. The summed E-state index contributed by atoms with van der Waals surface area (Å²) in [5.74, 6) is 1.25. The maximum atomic E-state index is 11.1. The van der Waals surface area contributed by atoms with Gasteiger partial charge in [0, 0.05) is 6.54 Å². The van der Waals surface area contributed by atoms with E-state index in [4.69, 9.17) is 30.9 Å². The summed E-state index contributed by atoms with van der Waals surface area (Å²) in [6.07, 6.45) is 0.157. The zero-order chi connectivity index (χ0) is 25.4. The van der Waals surface area contributed by atoms with E-state index in [1.807, 2.05) is 24.3 Å². The Balaban J connectivity index is 0. The van der Waals surface area contributed by atoms with Gasteiger partial charge in [-0.15, -0.1) is 5.10 Å². The van der Waals surface area contributed by atoms with Crippen LogP contribution in [0, 0.1) is 0 Å². The van der Waals surface area contributed by atoms with Gasteiger partial charge in [0.1, 0.15) is 20.9 Å². The number of benzene rings is 2. The summed E-state index contributed by atoms with van der Waals surface area (Å²) >= 11 is 5.38. The molecule has 0 fully saturated rings. The molecule has 2 N–H and O–H groups in total. The summed E-state index contributed by atoms with van der Waals surface area (Å²) in [7, 11) is -7.67. The first-order valence-electron chi connectivity index (χ1n) is 9.78. The number of hydrazone groups is 1. The number of hydrogen-bond acceptors (Lipinski definition) is 9. The van der Waals surface area contributed by atoms with Crippen molar-refractivity contribution in [1.29, 1.82) is 0 Å². The van der Waals surface area contributed by atoms with Gasteiger partial charge in [0.05, 0.1) is 32.9 Å². The van der Waals surface area contributed by atoms with E-state index < -0.39 is 34.8 Å². The zero-order valence-corrected chi connectivity index (χ0v) is 28.0. The number of rotatable bonds is 13. The molecule has 3 unspecified atom stereocenters. The first-order chi connectivity index (χ1) is 15.8. The van der Waals surface area contributed by atoms with Crippen LogP contribution in [-0.4, -0.2) is 59.0 Å². The standard InChI is InChI=1S/C19H26N3O8P3S.CH4.2Na/c1-21(20-13-17-5-7-18(29-2)8-6-17)31(34)30-19-9-3-16(4-10-19)11-12-22(14-32(23,24)25)15-33(26,27)28;;;/h3-10,13H,11-12,14-15H2,1-2H3,(H3-,23,24,25,26,27,28);1H4;;/q;;2*+1/p-1/b20-13+;;;. The average Bonchev–Trinajstić information content (AvgIpc) is 2.75. The smallest absolute Gasteiger partial charge is 0.778 e. The van der Waals surface area contributed by atoms with E-state index in [0.717, 1.165) is 21.8 Å². The van der Waals surface area contributed by atoms with Crippen molar-refractivity contribution in [2.75, 3.05) is 33.3 Å². The van der Waals surface area contributed by atoms with Crippen LogP contribution in [0.4, 0.5) is 0 Å². The number of nitrogens with zero attached hydrogens (tertiary/aromatic N) is 3. The van der Waals surface area contributed by atoms with Crippen LogP contribution in [0.15, 0.2) is 53.6 Å². The predicted molar refractivity (Wildman–Crippen MR) is 136 cm³/mol. The van der Waals surface area contributed by atoms with Gasteiger partial charge in [0.15, 0.2) is 5.75 Å². The Morgan fingerprint density at radius 2 is 1.49 bits per heavy atom. The molecule has 0 amide bonds. The van der Waals surface area contributed by atoms with Crippen LogP contribution >= 0.6 is 22.3 Å². The number of hydrogen-bond donors (Lipinski definition) is 2. The van der Waals surface area contributed by atoms with Gasteiger partial charge in [-0.2, -0.15) is 0 Å². The maximum Gasteiger partial charge on any atom is 1.00 e. The van der Waals surface area contributed by atoms with Crippen molar-refractivity contribution in [2.24, 2.45) is 5.10 Å². The van der Waals surface area contributed by atoms with Crippen molar-refractivity contribution >= 4 is 40.3 Å². The molecule has 37 heavy (non-hydrogen) atoms. The van der Waals surface area contributed by atoms with Gasteiger partial charge in [0.25, 0.3) is 0 Å².